The zero-order chi connectivity index (χ0) is 21.4. The van der Waals surface area contributed by atoms with Crippen molar-refractivity contribution in [2.75, 3.05) is 0 Å². The molecule has 2 aromatic carbocycles. The number of hydrogen-bond acceptors (Lipinski definition) is 3. The van der Waals surface area contributed by atoms with Crippen molar-refractivity contribution < 1.29 is 4.79 Å². The molecular formula is C26H26N4O. The second-order valence-corrected chi connectivity index (χ2v) is 8.36. The van der Waals surface area contributed by atoms with Gasteiger partial charge in [-0.1, -0.05) is 54.6 Å². The molecule has 0 radical (unpaired) electrons. The van der Waals surface area contributed by atoms with Crippen LogP contribution in [0.3, 0.4) is 0 Å². The lowest BCUT2D eigenvalue weighted by atomic mass is 9.87. The topological polar surface area (TPSA) is 59.8 Å². The average molecular weight is 411 g/mol. The summed E-state index contributed by atoms with van der Waals surface area (Å²) in [5.74, 6) is -0.0560. The molecule has 1 atom stereocenters. The Hall–Kier alpha value is -3.47. The molecule has 2 heterocycles. The van der Waals surface area contributed by atoms with Crippen molar-refractivity contribution >= 4 is 16.9 Å². The van der Waals surface area contributed by atoms with Gasteiger partial charge in [-0.2, -0.15) is 5.10 Å². The number of nitrogens with one attached hydrogen (secondary N) is 1. The van der Waals surface area contributed by atoms with Crippen molar-refractivity contribution in [1.82, 2.24) is 20.1 Å². The number of benzene rings is 2. The van der Waals surface area contributed by atoms with Crippen LogP contribution in [0.4, 0.5) is 0 Å². The van der Waals surface area contributed by atoms with Gasteiger partial charge in [-0.15, -0.1) is 0 Å². The highest BCUT2D eigenvalue weighted by Gasteiger charge is 2.24. The first-order valence-electron chi connectivity index (χ1n) is 10.9. The fraction of sp³-hybridized carbons (Fsp3) is 0.269. The minimum atomic E-state index is -0.0560. The maximum Gasteiger partial charge on any atom is 0.252 e. The van der Waals surface area contributed by atoms with Gasteiger partial charge >= 0.3 is 0 Å². The maximum absolute atomic E-state index is 13.4. The Morgan fingerprint density at radius 2 is 1.87 bits per heavy atom. The first-order chi connectivity index (χ1) is 15.1. The Bertz CT molecular complexity index is 1260. The smallest absolute Gasteiger partial charge is 0.252 e. The second kappa shape index (κ2) is 7.99. The molecule has 2 aromatic heterocycles. The summed E-state index contributed by atoms with van der Waals surface area (Å²) < 4.78 is 1.90. The van der Waals surface area contributed by atoms with Crippen molar-refractivity contribution in [3.8, 4) is 0 Å². The Balaban J connectivity index is 1.51. The standard InChI is InChI=1S/C26H26N4O/c1-17-15-22(26(31)28-23-14-8-12-20-11-6-7-13-21(20)23)24-18(2)29-30(25(24)27-17)16-19-9-4-3-5-10-19/h3-7,9-11,13,15,23H,8,12,14,16H2,1-2H3,(H,28,31)/t23-/m1/s1. The normalized spacial score (nSPS) is 15.6. The molecule has 5 rings (SSSR count). The predicted octanol–water partition coefficient (Wildman–Crippen LogP) is 4.90. The van der Waals surface area contributed by atoms with Gasteiger partial charge in [-0.25, -0.2) is 9.67 Å². The van der Waals surface area contributed by atoms with Gasteiger partial charge < -0.3 is 5.32 Å². The van der Waals surface area contributed by atoms with Crippen LogP contribution in [-0.4, -0.2) is 20.7 Å². The lowest BCUT2D eigenvalue weighted by Gasteiger charge is -2.26. The van der Waals surface area contributed by atoms with E-state index in [1.54, 1.807) is 0 Å². The van der Waals surface area contributed by atoms with E-state index in [0.29, 0.717) is 12.1 Å². The third-order valence-corrected chi connectivity index (χ3v) is 6.10. The van der Waals surface area contributed by atoms with E-state index in [4.69, 9.17) is 10.1 Å². The SMILES string of the molecule is Cc1cc(C(=O)N[C@@H]2CCCc3ccccc32)c2c(C)nn(Cc3ccccc3)c2n1. The van der Waals surface area contributed by atoms with Crippen molar-refractivity contribution in [1.29, 1.82) is 0 Å². The van der Waals surface area contributed by atoms with Crippen LogP contribution in [0.5, 0.6) is 0 Å². The lowest BCUT2D eigenvalue weighted by molar-refractivity contribution is 0.0934. The number of carbonyl (C=O) groups is 1. The summed E-state index contributed by atoms with van der Waals surface area (Å²) in [5, 5.41) is 8.86. The van der Waals surface area contributed by atoms with E-state index in [1.165, 1.54) is 11.1 Å². The van der Waals surface area contributed by atoms with Gasteiger partial charge in [0.25, 0.3) is 5.91 Å². The van der Waals surface area contributed by atoms with Gasteiger partial charge in [0.2, 0.25) is 0 Å². The van der Waals surface area contributed by atoms with Gasteiger partial charge in [0.05, 0.1) is 29.2 Å². The fourth-order valence-electron chi connectivity index (χ4n) is 4.66. The monoisotopic (exact) mass is 410 g/mol. The molecule has 5 heteroatoms. The van der Waals surface area contributed by atoms with Crippen LogP contribution in [0.1, 0.15) is 57.3 Å². The van der Waals surface area contributed by atoms with Gasteiger partial charge in [-0.05, 0) is 55.9 Å². The van der Waals surface area contributed by atoms with E-state index in [-0.39, 0.29) is 11.9 Å². The molecule has 0 aliphatic heterocycles. The third kappa shape index (κ3) is 3.72. The van der Waals surface area contributed by atoms with Crippen molar-refractivity contribution in [2.24, 2.45) is 0 Å². The second-order valence-electron chi connectivity index (χ2n) is 8.36. The molecule has 156 valence electrons. The summed E-state index contributed by atoms with van der Waals surface area (Å²) in [6.45, 7) is 4.51. The average Bonchev–Trinajstić information content (AvgIpc) is 3.09. The fourth-order valence-corrected chi connectivity index (χ4v) is 4.66. The highest BCUT2D eigenvalue weighted by atomic mass is 16.1. The molecule has 0 unspecified atom stereocenters. The number of carbonyl (C=O) groups excluding carboxylic acids is 1. The summed E-state index contributed by atoms with van der Waals surface area (Å²) in [6.07, 6.45) is 3.12. The summed E-state index contributed by atoms with van der Waals surface area (Å²) in [4.78, 5) is 18.2. The highest BCUT2D eigenvalue weighted by Crippen LogP contribution is 2.30. The zero-order valence-electron chi connectivity index (χ0n) is 17.9. The van der Waals surface area contributed by atoms with Crippen LogP contribution >= 0.6 is 0 Å². The molecule has 0 bridgehead atoms. The number of fused-ring (bicyclic) bond motifs is 2. The predicted molar refractivity (Wildman–Crippen MR) is 122 cm³/mol. The van der Waals surface area contributed by atoms with Crippen LogP contribution in [0.25, 0.3) is 11.0 Å². The van der Waals surface area contributed by atoms with Crippen molar-refractivity contribution in [3.63, 3.8) is 0 Å². The van der Waals surface area contributed by atoms with E-state index in [0.717, 1.165) is 47.2 Å². The number of nitrogens with zero attached hydrogens (tertiary/aromatic N) is 3. The summed E-state index contributed by atoms with van der Waals surface area (Å²) in [7, 11) is 0. The largest absolute Gasteiger partial charge is 0.345 e. The molecule has 0 spiro atoms. The highest BCUT2D eigenvalue weighted by molar-refractivity contribution is 6.06. The van der Waals surface area contributed by atoms with Crippen LogP contribution < -0.4 is 5.32 Å². The van der Waals surface area contributed by atoms with E-state index in [2.05, 4.69) is 41.7 Å². The van der Waals surface area contributed by atoms with Crippen molar-refractivity contribution in [3.05, 3.63) is 94.3 Å². The molecule has 31 heavy (non-hydrogen) atoms. The number of pyridine rings is 1. The first kappa shape index (κ1) is 19.5. The minimum absolute atomic E-state index is 0.0423. The third-order valence-electron chi connectivity index (χ3n) is 6.10. The van der Waals surface area contributed by atoms with E-state index in [1.807, 2.05) is 42.8 Å². The summed E-state index contributed by atoms with van der Waals surface area (Å²) in [6, 6.07) is 20.6. The molecule has 1 aliphatic carbocycles. The minimum Gasteiger partial charge on any atom is -0.345 e. The number of aromatic nitrogens is 3. The van der Waals surface area contributed by atoms with E-state index >= 15 is 0 Å². The molecule has 1 aliphatic rings. The molecule has 0 fully saturated rings. The van der Waals surface area contributed by atoms with Crippen LogP contribution in [0, 0.1) is 13.8 Å². The number of aryl methyl sites for hydroxylation is 3. The van der Waals surface area contributed by atoms with Gasteiger partial charge in [0.15, 0.2) is 5.65 Å². The van der Waals surface area contributed by atoms with Crippen molar-refractivity contribution in [2.45, 2.75) is 45.7 Å². The molecule has 0 saturated heterocycles. The van der Waals surface area contributed by atoms with Gasteiger partial charge in [0, 0.05) is 5.69 Å². The molecule has 1 N–H and O–H groups in total. The molecule has 4 aromatic rings. The Kier molecular flexibility index (Phi) is 5.02. The van der Waals surface area contributed by atoms with Gasteiger partial charge in [0.1, 0.15) is 0 Å². The van der Waals surface area contributed by atoms with Crippen LogP contribution in [0.15, 0.2) is 60.7 Å². The Morgan fingerprint density at radius 1 is 1.10 bits per heavy atom. The van der Waals surface area contributed by atoms with Crippen LogP contribution in [0.2, 0.25) is 0 Å². The lowest BCUT2D eigenvalue weighted by Crippen LogP contribution is -2.31. The van der Waals surface area contributed by atoms with Gasteiger partial charge in [-0.3, -0.25) is 4.79 Å². The van der Waals surface area contributed by atoms with E-state index < -0.39 is 0 Å². The Labute approximate surface area is 182 Å². The number of rotatable bonds is 4. The molecule has 5 nitrogen and oxygen atoms in total. The summed E-state index contributed by atoms with van der Waals surface area (Å²) >= 11 is 0. The summed E-state index contributed by atoms with van der Waals surface area (Å²) in [5.41, 5.74) is 6.78. The van der Waals surface area contributed by atoms with E-state index in [9.17, 15) is 4.79 Å². The molecular weight excluding hydrogens is 384 g/mol. The number of amides is 1. The zero-order valence-corrected chi connectivity index (χ0v) is 17.9. The molecule has 0 saturated carbocycles. The van der Waals surface area contributed by atoms with Crippen LogP contribution in [-0.2, 0) is 13.0 Å². The quantitative estimate of drug-likeness (QED) is 0.520. The maximum atomic E-state index is 13.4. The molecule has 1 amide bonds. The Morgan fingerprint density at radius 3 is 2.71 bits per heavy atom. The number of hydrogen-bond donors (Lipinski definition) is 1. The first-order valence-corrected chi connectivity index (χ1v) is 10.9.